The summed E-state index contributed by atoms with van der Waals surface area (Å²) in [6, 6.07) is 9.84. The van der Waals surface area contributed by atoms with E-state index in [1.54, 1.807) is 12.3 Å². The second-order valence-electron chi connectivity index (χ2n) is 3.96. The average Bonchev–Trinajstić information content (AvgIpc) is 2.40. The molecule has 0 atom stereocenters. The molecule has 1 aromatic carbocycles. The average molecular weight is 242 g/mol. The lowest BCUT2D eigenvalue weighted by Crippen LogP contribution is -2.21. The summed E-state index contributed by atoms with van der Waals surface area (Å²) in [7, 11) is 1.40. The lowest BCUT2D eigenvalue weighted by atomic mass is 10.0. The highest BCUT2D eigenvalue weighted by atomic mass is 16.6. The number of aryl methyl sites for hydroxylation is 1. The van der Waals surface area contributed by atoms with Crippen LogP contribution in [0.2, 0.25) is 0 Å². The van der Waals surface area contributed by atoms with Crippen LogP contribution in [0.15, 0.2) is 42.7 Å². The quantitative estimate of drug-likeness (QED) is 0.840. The topological polar surface area (TPSA) is 51.2 Å². The molecule has 1 aromatic heterocycles. The molecule has 18 heavy (non-hydrogen) atoms. The maximum Gasteiger partial charge on any atom is 0.276 e. The van der Waals surface area contributed by atoms with Crippen molar-refractivity contribution < 1.29 is 9.63 Å². The zero-order valence-corrected chi connectivity index (χ0v) is 10.3. The number of nitrogens with zero attached hydrogens (tertiary/aromatic N) is 1. The van der Waals surface area contributed by atoms with Crippen LogP contribution in [0.1, 0.15) is 15.9 Å². The van der Waals surface area contributed by atoms with Crippen molar-refractivity contribution in [2.75, 3.05) is 7.11 Å². The third-order valence-electron chi connectivity index (χ3n) is 2.58. The molecule has 4 heteroatoms. The van der Waals surface area contributed by atoms with E-state index in [-0.39, 0.29) is 5.91 Å². The molecule has 0 unspecified atom stereocenters. The predicted molar refractivity (Wildman–Crippen MR) is 68.9 cm³/mol. The van der Waals surface area contributed by atoms with Crippen molar-refractivity contribution in [1.29, 1.82) is 0 Å². The number of pyridine rings is 1. The van der Waals surface area contributed by atoms with Gasteiger partial charge in [0.1, 0.15) is 0 Å². The first kappa shape index (κ1) is 12.3. The van der Waals surface area contributed by atoms with Crippen LogP contribution >= 0.6 is 0 Å². The van der Waals surface area contributed by atoms with E-state index in [0.717, 1.165) is 11.1 Å². The maximum atomic E-state index is 11.6. The van der Waals surface area contributed by atoms with Crippen LogP contribution in [-0.4, -0.2) is 18.0 Å². The highest BCUT2D eigenvalue weighted by molar-refractivity contribution is 5.94. The number of rotatable bonds is 3. The van der Waals surface area contributed by atoms with E-state index in [0.29, 0.717) is 5.56 Å². The van der Waals surface area contributed by atoms with Crippen LogP contribution in [0.5, 0.6) is 0 Å². The SMILES string of the molecule is CONC(=O)c1cncc(-c2ccc(C)cc2)c1. The minimum Gasteiger partial charge on any atom is -0.277 e. The van der Waals surface area contributed by atoms with Gasteiger partial charge in [-0.15, -0.1) is 0 Å². The van der Waals surface area contributed by atoms with Gasteiger partial charge in [0.25, 0.3) is 5.91 Å². The fourth-order valence-corrected chi connectivity index (χ4v) is 1.62. The molecule has 2 aromatic rings. The maximum absolute atomic E-state index is 11.6. The fraction of sp³-hybridized carbons (Fsp3) is 0.143. The molecule has 1 amide bonds. The lowest BCUT2D eigenvalue weighted by molar-refractivity contribution is 0.0537. The molecule has 0 bridgehead atoms. The highest BCUT2D eigenvalue weighted by Crippen LogP contribution is 2.19. The molecule has 1 N–H and O–H groups in total. The second-order valence-corrected chi connectivity index (χ2v) is 3.96. The molecular formula is C14H14N2O2. The van der Waals surface area contributed by atoms with Crippen molar-refractivity contribution in [3.63, 3.8) is 0 Å². The Balaban J connectivity index is 2.32. The lowest BCUT2D eigenvalue weighted by Gasteiger charge is -2.05. The van der Waals surface area contributed by atoms with Crippen LogP contribution < -0.4 is 5.48 Å². The zero-order chi connectivity index (χ0) is 13.0. The second kappa shape index (κ2) is 5.42. The molecule has 4 nitrogen and oxygen atoms in total. The number of hydrogen-bond donors (Lipinski definition) is 1. The van der Waals surface area contributed by atoms with Crippen LogP contribution in [0, 0.1) is 6.92 Å². The molecule has 0 fully saturated rings. The van der Waals surface area contributed by atoms with E-state index in [4.69, 9.17) is 0 Å². The van der Waals surface area contributed by atoms with Gasteiger partial charge in [0.2, 0.25) is 0 Å². The summed E-state index contributed by atoms with van der Waals surface area (Å²) in [4.78, 5) is 20.3. The Morgan fingerprint density at radius 1 is 1.17 bits per heavy atom. The monoisotopic (exact) mass is 242 g/mol. The Morgan fingerprint density at radius 3 is 2.56 bits per heavy atom. The van der Waals surface area contributed by atoms with Gasteiger partial charge < -0.3 is 0 Å². The molecular weight excluding hydrogens is 228 g/mol. The Morgan fingerprint density at radius 2 is 1.89 bits per heavy atom. The number of carbonyl (C=O) groups excluding carboxylic acids is 1. The minimum absolute atomic E-state index is 0.307. The van der Waals surface area contributed by atoms with Gasteiger partial charge in [-0.2, -0.15) is 0 Å². The molecule has 0 saturated heterocycles. The summed E-state index contributed by atoms with van der Waals surface area (Å²) in [5.74, 6) is -0.307. The van der Waals surface area contributed by atoms with Crippen molar-refractivity contribution >= 4 is 5.91 Å². The Labute approximate surface area is 106 Å². The van der Waals surface area contributed by atoms with Crippen LogP contribution in [-0.2, 0) is 4.84 Å². The largest absolute Gasteiger partial charge is 0.277 e. The van der Waals surface area contributed by atoms with Crippen molar-refractivity contribution in [1.82, 2.24) is 10.5 Å². The summed E-state index contributed by atoms with van der Waals surface area (Å²) >= 11 is 0. The van der Waals surface area contributed by atoms with Gasteiger partial charge in [0.05, 0.1) is 12.7 Å². The van der Waals surface area contributed by atoms with Gasteiger partial charge in [0, 0.05) is 18.0 Å². The first-order valence-electron chi connectivity index (χ1n) is 5.56. The normalized spacial score (nSPS) is 10.1. The summed E-state index contributed by atoms with van der Waals surface area (Å²) in [5, 5.41) is 0. The molecule has 0 aliphatic heterocycles. The van der Waals surface area contributed by atoms with E-state index in [2.05, 4.69) is 15.3 Å². The fourth-order valence-electron chi connectivity index (χ4n) is 1.62. The van der Waals surface area contributed by atoms with Crippen molar-refractivity contribution in [2.45, 2.75) is 6.92 Å². The van der Waals surface area contributed by atoms with Crippen molar-refractivity contribution in [3.8, 4) is 11.1 Å². The Hall–Kier alpha value is -2.20. The molecule has 2 rings (SSSR count). The molecule has 0 radical (unpaired) electrons. The van der Waals surface area contributed by atoms with Gasteiger partial charge in [0.15, 0.2) is 0 Å². The van der Waals surface area contributed by atoms with Crippen molar-refractivity contribution in [3.05, 3.63) is 53.9 Å². The predicted octanol–water partition coefficient (Wildman–Crippen LogP) is 2.35. The summed E-state index contributed by atoms with van der Waals surface area (Å²) in [5.41, 5.74) is 5.86. The van der Waals surface area contributed by atoms with Gasteiger partial charge in [-0.25, -0.2) is 5.48 Å². The van der Waals surface area contributed by atoms with Crippen LogP contribution in [0.4, 0.5) is 0 Å². The van der Waals surface area contributed by atoms with Crippen LogP contribution in [0.25, 0.3) is 11.1 Å². The van der Waals surface area contributed by atoms with E-state index in [1.165, 1.54) is 18.9 Å². The number of hydroxylamine groups is 1. The number of nitrogens with one attached hydrogen (secondary N) is 1. The van der Waals surface area contributed by atoms with E-state index >= 15 is 0 Å². The molecule has 92 valence electrons. The van der Waals surface area contributed by atoms with E-state index < -0.39 is 0 Å². The molecule has 0 aliphatic carbocycles. The minimum atomic E-state index is -0.307. The zero-order valence-electron chi connectivity index (χ0n) is 10.3. The Bertz CT molecular complexity index is 550. The van der Waals surface area contributed by atoms with E-state index in [1.807, 2.05) is 31.2 Å². The van der Waals surface area contributed by atoms with Gasteiger partial charge >= 0.3 is 0 Å². The molecule has 1 heterocycles. The van der Waals surface area contributed by atoms with E-state index in [9.17, 15) is 4.79 Å². The van der Waals surface area contributed by atoms with Crippen LogP contribution in [0.3, 0.4) is 0 Å². The summed E-state index contributed by atoms with van der Waals surface area (Å²) < 4.78 is 0. The number of benzene rings is 1. The molecule has 0 saturated carbocycles. The summed E-state index contributed by atoms with van der Waals surface area (Å²) in [6.45, 7) is 2.03. The smallest absolute Gasteiger partial charge is 0.276 e. The Kier molecular flexibility index (Phi) is 3.69. The highest BCUT2D eigenvalue weighted by Gasteiger charge is 2.07. The summed E-state index contributed by atoms with van der Waals surface area (Å²) in [6.07, 6.45) is 3.24. The number of amides is 1. The third kappa shape index (κ3) is 2.73. The first-order valence-corrected chi connectivity index (χ1v) is 5.56. The number of hydrogen-bond acceptors (Lipinski definition) is 3. The first-order chi connectivity index (χ1) is 8.70. The molecule has 0 spiro atoms. The standard InChI is InChI=1S/C14H14N2O2/c1-10-3-5-11(6-4-10)12-7-13(9-15-8-12)14(17)16-18-2/h3-9H,1-2H3,(H,16,17). The number of aromatic nitrogens is 1. The molecule has 0 aliphatic rings. The number of carbonyl (C=O) groups is 1. The van der Waals surface area contributed by atoms with Gasteiger partial charge in [-0.05, 0) is 18.6 Å². The van der Waals surface area contributed by atoms with Gasteiger partial charge in [-0.1, -0.05) is 29.8 Å². The third-order valence-corrected chi connectivity index (χ3v) is 2.58. The van der Waals surface area contributed by atoms with Gasteiger partial charge in [-0.3, -0.25) is 14.6 Å². The van der Waals surface area contributed by atoms with Crippen molar-refractivity contribution in [2.24, 2.45) is 0 Å².